The molecule has 1 aliphatic heterocycles. The third-order valence-electron chi connectivity index (χ3n) is 4.39. The van der Waals surface area contributed by atoms with Crippen LogP contribution in [-0.4, -0.2) is 54.8 Å². The average molecular weight is 336 g/mol. The van der Waals surface area contributed by atoms with Gasteiger partial charge in [-0.15, -0.1) is 0 Å². The molecule has 23 heavy (non-hydrogen) atoms. The number of hydrogen-bond donors (Lipinski definition) is 1. The molecular formula is C18H29N3OS. The number of Topliss-reactive ketones (excluding diaryl/α,β-unsaturated/α-hetero) is 1. The minimum atomic E-state index is 0.139. The SMILES string of the molecule is CC(C)C(=O)CCN(C)Cc1ccc(N2CCN(S)CC2)cc1. The molecule has 0 aliphatic carbocycles. The van der Waals surface area contributed by atoms with Crippen LogP contribution in [0.1, 0.15) is 25.8 Å². The van der Waals surface area contributed by atoms with E-state index in [4.69, 9.17) is 0 Å². The van der Waals surface area contributed by atoms with Gasteiger partial charge in [0.1, 0.15) is 5.78 Å². The zero-order chi connectivity index (χ0) is 16.8. The summed E-state index contributed by atoms with van der Waals surface area (Å²) in [6, 6.07) is 8.81. The van der Waals surface area contributed by atoms with Gasteiger partial charge in [-0.25, -0.2) is 4.31 Å². The molecule has 1 aromatic carbocycles. The van der Waals surface area contributed by atoms with E-state index in [1.807, 2.05) is 13.8 Å². The lowest BCUT2D eigenvalue weighted by Crippen LogP contribution is -2.42. The first-order valence-electron chi connectivity index (χ1n) is 8.44. The molecule has 1 heterocycles. The number of thiol groups is 1. The van der Waals surface area contributed by atoms with Gasteiger partial charge >= 0.3 is 0 Å². The Morgan fingerprint density at radius 2 is 1.78 bits per heavy atom. The molecule has 1 aliphatic rings. The molecule has 1 aromatic rings. The predicted octanol–water partition coefficient (Wildman–Crippen LogP) is 2.70. The van der Waals surface area contributed by atoms with Gasteiger partial charge in [0.2, 0.25) is 0 Å². The highest BCUT2D eigenvalue weighted by atomic mass is 32.1. The molecule has 1 saturated heterocycles. The smallest absolute Gasteiger partial charge is 0.136 e. The molecule has 5 heteroatoms. The van der Waals surface area contributed by atoms with Crippen LogP contribution in [0, 0.1) is 5.92 Å². The molecule has 0 amide bonds. The molecular weight excluding hydrogens is 306 g/mol. The first kappa shape index (κ1) is 18.3. The van der Waals surface area contributed by atoms with Crippen molar-refractivity contribution in [1.29, 1.82) is 0 Å². The Morgan fingerprint density at radius 3 is 2.35 bits per heavy atom. The summed E-state index contributed by atoms with van der Waals surface area (Å²) in [6.07, 6.45) is 0.639. The number of carbonyl (C=O) groups excluding carboxylic acids is 1. The molecule has 0 N–H and O–H groups in total. The van der Waals surface area contributed by atoms with Crippen molar-refractivity contribution < 1.29 is 4.79 Å². The van der Waals surface area contributed by atoms with Crippen molar-refractivity contribution in [3.05, 3.63) is 29.8 Å². The number of benzene rings is 1. The van der Waals surface area contributed by atoms with Crippen LogP contribution in [0.3, 0.4) is 0 Å². The molecule has 128 valence electrons. The zero-order valence-corrected chi connectivity index (χ0v) is 15.4. The Bertz CT molecular complexity index is 495. The van der Waals surface area contributed by atoms with Gasteiger partial charge in [-0.2, -0.15) is 0 Å². The summed E-state index contributed by atoms with van der Waals surface area (Å²) >= 11 is 4.39. The maximum atomic E-state index is 11.7. The van der Waals surface area contributed by atoms with Gasteiger partial charge in [0, 0.05) is 57.3 Å². The highest BCUT2D eigenvalue weighted by molar-refractivity contribution is 7.77. The van der Waals surface area contributed by atoms with E-state index in [0.717, 1.165) is 39.3 Å². The van der Waals surface area contributed by atoms with Gasteiger partial charge in [-0.05, 0) is 24.7 Å². The van der Waals surface area contributed by atoms with Crippen molar-refractivity contribution in [1.82, 2.24) is 9.21 Å². The Morgan fingerprint density at radius 1 is 1.17 bits per heavy atom. The second-order valence-corrected chi connectivity index (χ2v) is 7.28. The number of nitrogens with zero attached hydrogens (tertiary/aromatic N) is 3. The normalized spacial score (nSPS) is 16.3. The van der Waals surface area contributed by atoms with E-state index in [1.54, 1.807) is 0 Å². The average Bonchev–Trinajstić information content (AvgIpc) is 2.54. The first-order chi connectivity index (χ1) is 11.0. The summed E-state index contributed by atoms with van der Waals surface area (Å²) in [5, 5.41) is 0. The van der Waals surface area contributed by atoms with E-state index in [9.17, 15) is 4.79 Å². The monoisotopic (exact) mass is 335 g/mol. The van der Waals surface area contributed by atoms with E-state index >= 15 is 0 Å². The summed E-state index contributed by atoms with van der Waals surface area (Å²) < 4.78 is 2.07. The second kappa shape index (κ2) is 8.71. The van der Waals surface area contributed by atoms with E-state index in [-0.39, 0.29) is 5.92 Å². The van der Waals surface area contributed by atoms with Crippen molar-refractivity contribution >= 4 is 24.3 Å². The lowest BCUT2D eigenvalue weighted by molar-refractivity contribution is -0.122. The molecule has 1 fully saturated rings. The fourth-order valence-electron chi connectivity index (χ4n) is 2.75. The first-order valence-corrected chi connectivity index (χ1v) is 8.84. The standard InChI is InChI=1S/C18H29N3OS/c1-15(2)18(22)8-9-19(3)14-16-4-6-17(7-5-16)20-10-12-21(23)13-11-20/h4-7,15,23H,8-14H2,1-3H3. The molecule has 0 atom stereocenters. The second-order valence-electron chi connectivity index (χ2n) is 6.72. The molecule has 0 saturated carbocycles. The Kier molecular flexibility index (Phi) is 6.93. The molecule has 2 rings (SSSR count). The maximum Gasteiger partial charge on any atom is 0.136 e. The number of rotatable bonds is 7. The lowest BCUT2D eigenvalue weighted by atomic mass is 10.1. The quantitative estimate of drug-likeness (QED) is 0.775. The highest BCUT2D eigenvalue weighted by Gasteiger charge is 2.15. The van der Waals surface area contributed by atoms with Gasteiger partial charge in [-0.3, -0.25) is 4.79 Å². The molecule has 0 unspecified atom stereocenters. The number of hydrogen-bond acceptors (Lipinski definition) is 5. The van der Waals surface area contributed by atoms with Crippen molar-refractivity contribution in [2.24, 2.45) is 5.92 Å². The van der Waals surface area contributed by atoms with Crippen molar-refractivity contribution in [2.45, 2.75) is 26.8 Å². The summed E-state index contributed by atoms with van der Waals surface area (Å²) in [7, 11) is 2.08. The minimum absolute atomic E-state index is 0.139. The van der Waals surface area contributed by atoms with Crippen LogP contribution in [0.25, 0.3) is 0 Å². The largest absolute Gasteiger partial charge is 0.369 e. The van der Waals surface area contributed by atoms with Crippen LogP contribution in [0.15, 0.2) is 24.3 Å². The zero-order valence-electron chi connectivity index (χ0n) is 14.5. The van der Waals surface area contributed by atoms with Gasteiger partial charge in [0.25, 0.3) is 0 Å². The minimum Gasteiger partial charge on any atom is -0.369 e. The van der Waals surface area contributed by atoms with Crippen LogP contribution < -0.4 is 4.90 Å². The van der Waals surface area contributed by atoms with Crippen LogP contribution in [-0.2, 0) is 11.3 Å². The van der Waals surface area contributed by atoms with Crippen molar-refractivity contribution in [3.8, 4) is 0 Å². The molecule has 4 nitrogen and oxygen atoms in total. The van der Waals surface area contributed by atoms with Gasteiger partial charge in [0.15, 0.2) is 0 Å². The Hall–Kier alpha value is -1.04. The van der Waals surface area contributed by atoms with E-state index in [2.05, 4.69) is 58.2 Å². The lowest BCUT2D eigenvalue weighted by Gasteiger charge is -2.33. The fourth-order valence-corrected chi connectivity index (χ4v) is 2.93. The summed E-state index contributed by atoms with van der Waals surface area (Å²) in [5.74, 6) is 0.482. The summed E-state index contributed by atoms with van der Waals surface area (Å²) in [5.41, 5.74) is 2.58. The third kappa shape index (κ3) is 5.83. The third-order valence-corrected chi connectivity index (χ3v) is 4.79. The van der Waals surface area contributed by atoms with E-state index in [1.165, 1.54) is 11.3 Å². The molecule has 0 spiro atoms. The molecule has 0 bridgehead atoms. The number of piperazine rings is 1. The van der Waals surface area contributed by atoms with Crippen molar-refractivity contribution in [2.75, 3.05) is 44.7 Å². The number of carbonyl (C=O) groups is 1. The molecule has 0 radical (unpaired) electrons. The van der Waals surface area contributed by atoms with Crippen molar-refractivity contribution in [3.63, 3.8) is 0 Å². The summed E-state index contributed by atoms with van der Waals surface area (Å²) in [4.78, 5) is 16.3. The Balaban J connectivity index is 1.81. The number of anilines is 1. The number of ketones is 1. The maximum absolute atomic E-state index is 11.7. The van der Waals surface area contributed by atoms with Gasteiger partial charge in [0.05, 0.1) is 0 Å². The van der Waals surface area contributed by atoms with Crippen LogP contribution in [0.5, 0.6) is 0 Å². The van der Waals surface area contributed by atoms with E-state index < -0.39 is 0 Å². The topological polar surface area (TPSA) is 26.8 Å². The highest BCUT2D eigenvalue weighted by Crippen LogP contribution is 2.18. The van der Waals surface area contributed by atoms with Crippen LogP contribution >= 0.6 is 12.8 Å². The van der Waals surface area contributed by atoms with Crippen LogP contribution in [0.2, 0.25) is 0 Å². The molecule has 0 aromatic heterocycles. The summed E-state index contributed by atoms with van der Waals surface area (Å²) in [6.45, 7) is 9.69. The van der Waals surface area contributed by atoms with E-state index in [0.29, 0.717) is 12.2 Å². The fraction of sp³-hybridized carbons (Fsp3) is 0.611. The van der Waals surface area contributed by atoms with Gasteiger partial charge in [-0.1, -0.05) is 38.8 Å². The van der Waals surface area contributed by atoms with Crippen LogP contribution in [0.4, 0.5) is 5.69 Å². The Labute approximate surface area is 146 Å². The predicted molar refractivity (Wildman–Crippen MR) is 100 cm³/mol. The van der Waals surface area contributed by atoms with Gasteiger partial charge < -0.3 is 9.80 Å².